The normalized spacial score (nSPS) is 11.9. The molecule has 0 saturated heterocycles. The van der Waals surface area contributed by atoms with Crippen LogP contribution in [-0.2, 0) is 33.1 Å². The van der Waals surface area contributed by atoms with Gasteiger partial charge >= 0.3 is 7.82 Å². The summed E-state index contributed by atoms with van der Waals surface area (Å²) in [7, 11) is -3.80. The number of phosphoric ester groups is 1. The number of hydrogen-bond acceptors (Lipinski definition) is 3. The summed E-state index contributed by atoms with van der Waals surface area (Å²) in [5.74, 6) is 0.450. The molecule has 0 heterocycles. The van der Waals surface area contributed by atoms with Gasteiger partial charge < -0.3 is 4.89 Å². The standard InChI is InChI=1S/C8H19O4P.Zn/c1-7(2)5-11-13(9,10)12-6-8(3)4;/h7-8H,5-6H2,1-4H3,(H,9,10);. The molecule has 0 aromatic carbocycles. The number of phosphoric acid groups is 1. The van der Waals surface area contributed by atoms with Crippen molar-refractivity contribution in [1.82, 2.24) is 0 Å². The summed E-state index contributed by atoms with van der Waals surface area (Å²) in [5.41, 5.74) is 0. The van der Waals surface area contributed by atoms with Gasteiger partial charge in [-0.1, -0.05) is 27.7 Å². The van der Waals surface area contributed by atoms with Gasteiger partial charge in [-0.05, 0) is 11.8 Å². The largest absolute Gasteiger partial charge is 0.472 e. The van der Waals surface area contributed by atoms with Gasteiger partial charge in [0.25, 0.3) is 0 Å². The van der Waals surface area contributed by atoms with Crippen LogP contribution in [0.15, 0.2) is 0 Å². The Morgan fingerprint density at radius 3 is 1.57 bits per heavy atom. The fourth-order valence-electron chi connectivity index (χ4n) is 0.524. The minimum absolute atomic E-state index is 0. The van der Waals surface area contributed by atoms with Crippen LogP contribution in [0.25, 0.3) is 0 Å². The third kappa shape index (κ3) is 10.8. The maximum atomic E-state index is 11.1. The molecule has 0 bridgehead atoms. The molecule has 82 valence electrons. The zero-order valence-electron chi connectivity index (χ0n) is 9.40. The SMILES string of the molecule is CC(C)COP(=O)(O)OCC(C)C.[Zn]. The summed E-state index contributed by atoms with van der Waals surface area (Å²) in [6.45, 7) is 8.10. The fourth-order valence-corrected chi connectivity index (χ4v) is 1.57. The summed E-state index contributed by atoms with van der Waals surface area (Å²) in [6.07, 6.45) is 0. The Bertz CT molecular complexity index is 168. The van der Waals surface area contributed by atoms with E-state index in [9.17, 15) is 4.57 Å². The van der Waals surface area contributed by atoms with Crippen molar-refractivity contribution in [3.05, 3.63) is 0 Å². The van der Waals surface area contributed by atoms with Crippen LogP contribution in [0.1, 0.15) is 27.7 Å². The van der Waals surface area contributed by atoms with E-state index in [1.54, 1.807) is 0 Å². The fraction of sp³-hybridized carbons (Fsp3) is 1.00. The Morgan fingerprint density at radius 2 is 1.36 bits per heavy atom. The first-order chi connectivity index (χ1) is 5.83. The van der Waals surface area contributed by atoms with Gasteiger partial charge in [0.15, 0.2) is 0 Å². The molecule has 0 aromatic heterocycles. The Kier molecular flexibility index (Phi) is 9.74. The molecule has 0 aliphatic rings. The third-order valence-corrected chi connectivity index (χ3v) is 2.09. The summed E-state index contributed by atoms with van der Waals surface area (Å²) in [6, 6.07) is 0. The Labute approximate surface area is 98.7 Å². The van der Waals surface area contributed by atoms with Crippen molar-refractivity contribution < 1.29 is 38.0 Å². The second-order valence-corrected chi connectivity index (χ2v) is 5.30. The van der Waals surface area contributed by atoms with E-state index in [0.717, 1.165) is 0 Å². The predicted octanol–water partition coefficient (Wildman–Crippen LogP) is 2.43. The van der Waals surface area contributed by atoms with Gasteiger partial charge in [-0.25, -0.2) is 4.57 Å². The van der Waals surface area contributed by atoms with E-state index in [4.69, 9.17) is 13.9 Å². The zero-order valence-corrected chi connectivity index (χ0v) is 13.3. The van der Waals surface area contributed by atoms with E-state index in [1.165, 1.54) is 0 Å². The van der Waals surface area contributed by atoms with Crippen LogP contribution >= 0.6 is 7.82 Å². The Morgan fingerprint density at radius 1 is 1.07 bits per heavy atom. The molecule has 1 N–H and O–H groups in total. The van der Waals surface area contributed by atoms with Crippen LogP contribution in [0.2, 0.25) is 0 Å². The summed E-state index contributed by atoms with van der Waals surface area (Å²) >= 11 is 0. The molecule has 0 amide bonds. The molecule has 0 aliphatic heterocycles. The van der Waals surface area contributed by atoms with Gasteiger partial charge in [0, 0.05) is 19.5 Å². The summed E-state index contributed by atoms with van der Waals surface area (Å²) < 4.78 is 20.6. The maximum Gasteiger partial charge on any atom is 0.472 e. The van der Waals surface area contributed by atoms with E-state index < -0.39 is 7.82 Å². The van der Waals surface area contributed by atoms with Gasteiger partial charge in [-0.2, -0.15) is 0 Å². The number of rotatable bonds is 6. The van der Waals surface area contributed by atoms with Gasteiger partial charge in [-0.3, -0.25) is 9.05 Å². The monoisotopic (exact) mass is 274 g/mol. The molecule has 6 heteroatoms. The first-order valence-electron chi connectivity index (χ1n) is 4.45. The van der Waals surface area contributed by atoms with Gasteiger partial charge in [0.05, 0.1) is 13.2 Å². The van der Waals surface area contributed by atoms with Crippen molar-refractivity contribution in [2.24, 2.45) is 11.8 Å². The average molecular weight is 276 g/mol. The molecule has 0 saturated carbocycles. The molecule has 4 nitrogen and oxygen atoms in total. The maximum absolute atomic E-state index is 11.1. The first-order valence-corrected chi connectivity index (χ1v) is 5.95. The first kappa shape index (κ1) is 17.1. The second-order valence-electron chi connectivity index (χ2n) is 3.85. The third-order valence-electron chi connectivity index (χ3n) is 1.14. The van der Waals surface area contributed by atoms with Crippen molar-refractivity contribution in [2.75, 3.05) is 13.2 Å². The van der Waals surface area contributed by atoms with Crippen LogP contribution in [0, 0.1) is 11.8 Å². The quantitative estimate of drug-likeness (QED) is 0.597. The number of hydrogen-bond donors (Lipinski definition) is 1. The summed E-state index contributed by atoms with van der Waals surface area (Å²) in [5, 5.41) is 0. The minimum atomic E-state index is -3.80. The molecule has 0 rings (SSSR count). The van der Waals surface area contributed by atoms with E-state index >= 15 is 0 Å². The van der Waals surface area contributed by atoms with Crippen LogP contribution in [0.3, 0.4) is 0 Å². The molecular formula is C8H19O4PZn. The van der Waals surface area contributed by atoms with Crippen molar-refractivity contribution in [3.63, 3.8) is 0 Å². The van der Waals surface area contributed by atoms with Gasteiger partial charge in [-0.15, -0.1) is 0 Å². The molecule has 0 unspecified atom stereocenters. The topological polar surface area (TPSA) is 55.8 Å². The molecule has 0 aliphatic carbocycles. The Hall–Kier alpha value is 0.733. The molecular weight excluding hydrogens is 256 g/mol. The van der Waals surface area contributed by atoms with Crippen LogP contribution in [0.4, 0.5) is 0 Å². The molecule has 0 radical (unpaired) electrons. The van der Waals surface area contributed by atoms with E-state index in [1.807, 2.05) is 27.7 Å². The van der Waals surface area contributed by atoms with Gasteiger partial charge in [0.2, 0.25) is 0 Å². The summed E-state index contributed by atoms with van der Waals surface area (Å²) in [4.78, 5) is 9.12. The molecule has 14 heavy (non-hydrogen) atoms. The zero-order chi connectivity index (χ0) is 10.5. The van der Waals surface area contributed by atoms with Crippen molar-refractivity contribution in [3.8, 4) is 0 Å². The average Bonchev–Trinajstić information content (AvgIpc) is 1.98. The second kappa shape index (κ2) is 7.95. The van der Waals surface area contributed by atoms with Crippen LogP contribution in [0.5, 0.6) is 0 Å². The predicted molar refractivity (Wildman–Crippen MR) is 51.4 cm³/mol. The molecule has 0 atom stereocenters. The Balaban J connectivity index is 0. The molecule has 0 aromatic rings. The van der Waals surface area contributed by atoms with Gasteiger partial charge in [0.1, 0.15) is 0 Å². The smallest absolute Gasteiger partial charge is 0.302 e. The van der Waals surface area contributed by atoms with Crippen molar-refractivity contribution >= 4 is 7.82 Å². The van der Waals surface area contributed by atoms with Crippen LogP contribution in [-0.4, -0.2) is 18.1 Å². The van der Waals surface area contributed by atoms with Crippen molar-refractivity contribution in [2.45, 2.75) is 27.7 Å². The van der Waals surface area contributed by atoms with Crippen molar-refractivity contribution in [1.29, 1.82) is 0 Å². The minimum Gasteiger partial charge on any atom is -0.302 e. The van der Waals surface area contributed by atoms with E-state index in [2.05, 4.69) is 0 Å². The van der Waals surface area contributed by atoms with E-state index in [0.29, 0.717) is 0 Å². The van der Waals surface area contributed by atoms with Crippen LogP contribution < -0.4 is 0 Å². The molecule has 0 spiro atoms. The molecule has 0 fully saturated rings. The van der Waals surface area contributed by atoms with E-state index in [-0.39, 0.29) is 44.5 Å².